The molecule has 9 heteroatoms. The lowest BCUT2D eigenvalue weighted by molar-refractivity contribution is 0.206. The third-order valence-electron chi connectivity index (χ3n) is 3.42. The van der Waals surface area contributed by atoms with Crippen LogP contribution in [0.25, 0.3) is 0 Å². The number of ether oxygens (including phenoxy) is 1. The van der Waals surface area contributed by atoms with Gasteiger partial charge in [-0.2, -0.15) is 4.31 Å². The van der Waals surface area contributed by atoms with Gasteiger partial charge in [-0.15, -0.1) is 0 Å². The van der Waals surface area contributed by atoms with Crippen LogP contribution in [0.1, 0.15) is 6.42 Å². The molecule has 0 aliphatic carbocycles. The van der Waals surface area contributed by atoms with Crippen LogP contribution >= 0.6 is 0 Å². The highest BCUT2D eigenvalue weighted by Gasteiger charge is 2.34. The van der Waals surface area contributed by atoms with Crippen molar-refractivity contribution in [2.24, 2.45) is 0 Å². The van der Waals surface area contributed by atoms with E-state index in [0.717, 1.165) is 16.4 Å². The Balaban J connectivity index is 1.75. The van der Waals surface area contributed by atoms with Gasteiger partial charge >= 0.3 is 0 Å². The van der Waals surface area contributed by atoms with Gasteiger partial charge in [0.15, 0.2) is 0 Å². The normalized spacial score (nSPS) is 19.0. The molecular weight excluding hydrogens is 328 g/mol. The Morgan fingerprint density at radius 3 is 2.61 bits per heavy atom. The maximum atomic E-state index is 13.2. The first kappa shape index (κ1) is 15.8. The molecule has 1 aliphatic heterocycles. The van der Waals surface area contributed by atoms with Crippen LogP contribution in [0.4, 0.5) is 8.78 Å². The maximum absolute atomic E-state index is 13.2. The molecule has 1 aromatic heterocycles. The van der Waals surface area contributed by atoms with Crippen LogP contribution < -0.4 is 4.74 Å². The number of benzene rings is 1. The minimum absolute atomic E-state index is 0.0878. The summed E-state index contributed by atoms with van der Waals surface area (Å²) in [5.74, 6) is -1.52. The molecule has 1 fully saturated rings. The highest BCUT2D eigenvalue weighted by molar-refractivity contribution is 7.89. The predicted octanol–water partition coefficient (Wildman–Crippen LogP) is 1.60. The third kappa shape index (κ3) is 3.45. The van der Waals surface area contributed by atoms with Crippen molar-refractivity contribution in [3.63, 3.8) is 0 Å². The molecule has 6 nitrogen and oxygen atoms in total. The van der Waals surface area contributed by atoms with Crippen LogP contribution in [0.2, 0.25) is 0 Å². The summed E-state index contributed by atoms with van der Waals surface area (Å²) in [6.07, 6.45) is 2.93. The topological polar surface area (TPSA) is 72.4 Å². The monoisotopic (exact) mass is 341 g/mol. The zero-order valence-electron chi connectivity index (χ0n) is 11.9. The lowest BCUT2D eigenvalue weighted by Crippen LogP contribution is -2.31. The van der Waals surface area contributed by atoms with E-state index in [0.29, 0.717) is 18.4 Å². The van der Waals surface area contributed by atoms with Crippen molar-refractivity contribution in [2.75, 3.05) is 13.1 Å². The summed E-state index contributed by atoms with van der Waals surface area (Å²) in [4.78, 5) is 7.27. The fraction of sp³-hybridized carbons (Fsp3) is 0.286. The van der Waals surface area contributed by atoms with Gasteiger partial charge in [0.05, 0.1) is 11.4 Å². The molecule has 2 aromatic rings. The Labute approximate surface area is 131 Å². The molecule has 1 atom stereocenters. The van der Waals surface area contributed by atoms with Crippen LogP contribution in [-0.4, -0.2) is 41.9 Å². The van der Waals surface area contributed by atoms with Crippen LogP contribution in [0.3, 0.4) is 0 Å². The number of sulfonamides is 1. The second-order valence-electron chi connectivity index (χ2n) is 5.04. The molecule has 1 saturated heterocycles. The van der Waals surface area contributed by atoms with Crippen molar-refractivity contribution in [2.45, 2.75) is 17.4 Å². The lowest BCUT2D eigenvalue weighted by atomic mass is 10.3. The number of halogens is 2. The largest absolute Gasteiger partial charge is 0.473 e. The minimum atomic E-state index is -3.97. The number of aromatic nitrogens is 2. The minimum Gasteiger partial charge on any atom is -0.473 e. The third-order valence-corrected chi connectivity index (χ3v) is 5.27. The first-order chi connectivity index (χ1) is 10.9. The Morgan fingerprint density at radius 1 is 1.22 bits per heavy atom. The zero-order chi connectivity index (χ0) is 16.4. The number of nitrogens with zero attached hydrogens (tertiary/aromatic N) is 3. The first-order valence-corrected chi connectivity index (χ1v) is 8.28. The second-order valence-corrected chi connectivity index (χ2v) is 6.98. The van der Waals surface area contributed by atoms with Crippen molar-refractivity contribution >= 4 is 10.0 Å². The SMILES string of the molecule is O=S(=O)(c1cc(F)cc(F)c1)N1CC[C@@H](Oc2ccncn2)C1. The van der Waals surface area contributed by atoms with Crippen molar-refractivity contribution in [1.29, 1.82) is 0 Å². The van der Waals surface area contributed by atoms with E-state index < -0.39 is 26.6 Å². The van der Waals surface area contributed by atoms with Crippen molar-refractivity contribution in [1.82, 2.24) is 14.3 Å². The molecule has 1 aromatic carbocycles. The first-order valence-electron chi connectivity index (χ1n) is 6.84. The van der Waals surface area contributed by atoms with E-state index in [2.05, 4.69) is 9.97 Å². The van der Waals surface area contributed by atoms with Gasteiger partial charge in [0.1, 0.15) is 24.1 Å². The van der Waals surface area contributed by atoms with E-state index in [1.54, 1.807) is 6.07 Å². The summed E-state index contributed by atoms with van der Waals surface area (Å²) >= 11 is 0. The van der Waals surface area contributed by atoms with Gasteiger partial charge in [0.25, 0.3) is 0 Å². The van der Waals surface area contributed by atoms with Crippen LogP contribution in [0, 0.1) is 11.6 Å². The van der Waals surface area contributed by atoms with E-state index in [4.69, 9.17) is 4.74 Å². The van der Waals surface area contributed by atoms with Crippen LogP contribution in [-0.2, 0) is 10.0 Å². The van der Waals surface area contributed by atoms with E-state index in [9.17, 15) is 17.2 Å². The Hall–Kier alpha value is -2.13. The molecule has 1 aliphatic rings. The molecule has 0 N–H and O–H groups in total. The van der Waals surface area contributed by atoms with Crippen LogP contribution in [0.15, 0.2) is 41.7 Å². The molecular formula is C14H13F2N3O3S. The Bertz CT molecular complexity index is 782. The van der Waals surface area contributed by atoms with Gasteiger partial charge in [-0.3, -0.25) is 0 Å². The molecule has 0 amide bonds. The average molecular weight is 341 g/mol. The quantitative estimate of drug-likeness (QED) is 0.845. The van der Waals surface area contributed by atoms with E-state index in [1.807, 2.05) is 0 Å². The fourth-order valence-electron chi connectivity index (χ4n) is 2.36. The van der Waals surface area contributed by atoms with Gasteiger partial charge in [-0.1, -0.05) is 0 Å². The molecule has 23 heavy (non-hydrogen) atoms. The van der Waals surface area contributed by atoms with Crippen molar-refractivity contribution in [3.05, 3.63) is 48.4 Å². The van der Waals surface area contributed by atoms with Gasteiger partial charge in [0, 0.05) is 24.9 Å². The van der Waals surface area contributed by atoms with Gasteiger partial charge in [-0.05, 0) is 18.6 Å². The highest BCUT2D eigenvalue weighted by atomic mass is 32.2. The highest BCUT2D eigenvalue weighted by Crippen LogP contribution is 2.24. The molecule has 122 valence electrons. The summed E-state index contributed by atoms with van der Waals surface area (Å²) in [6, 6.07) is 3.80. The molecule has 0 bridgehead atoms. The molecule has 0 saturated carbocycles. The molecule has 0 radical (unpaired) electrons. The smallest absolute Gasteiger partial charge is 0.243 e. The van der Waals surface area contributed by atoms with E-state index in [-0.39, 0.29) is 19.2 Å². The molecule has 0 spiro atoms. The second kappa shape index (κ2) is 6.17. The average Bonchev–Trinajstić information content (AvgIpc) is 2.96. The standard InChI is InChI=1S/C14H13F2N3O3S/c15-10-5-11(16)7-13(6-10)23(20,21)19-4-2-12(8-19)22-14-1-3-17-9-18-14/h1,3,5-7,9,12H,2,4,8H2/t12-/m1/s1. The van der Waals surface area contributed by atoms with Gasteiger partial charge < -0.3 is 4.74 Å². The summed E-state index contributed by atoms with van der Waals surface area (Å²) in [6.45, 7) is 0.292. The summed E-state index contributed by atoms with van der Waals surface area (Å²) in [7, 11) is -3.97. The zero-order valence-corrected chi connectivity index (χ0v) is 12.7. The summed E-state index contributed by atoms with van der Waals surface area (Å²) in [5, 5.41) is 0. The number of hydrogen-bond acceptors (Lipinski definition) is 5. The van der Waals surface area contributed by atoms with E-state index in [1.165, 1.54) is 12.5 Å². The molecule has 3 rings (SSSR count). The predicted molar refractivity (Wildman–Crippen MR) is 76.2 cm³/mol. The summed E-state index contributed by atoms with van der Waals surface area (Å²) in [5.41, 5.74) is 0. The lowest BCUT2D eigenvalue weighted by Gasteiger charge is -2.17. The number of hydrogen-bond donors (Lipinski definition) is 0. The van der Waals surface area contributed by atoms with Gasteiger partial charge in [-0.25, -0.2) is 27.2 Å². The number of rotatable bonds is 4. The van der Waals surface area contributed by atoms with E-state index >= 15 is 0 Å². The van der Waals surface area contributed by atoms with Gasteiger partial charge in [0.2, 0.25) is 15.9 Å². The van der Waals surface area contributed by atoms with Crippen molar-refractivity contribution in [3.8, 4) is 5.88 Å². The molecule has 0 unspecified atom stereocenters. The Kier molecular flexibility index (Phi) is 4.22. The summed E-state index contributed by atoms with van der Waals surface area (Å²) < 4.78 is 58.1. The maximum Gasteiger partial charge on any atom is 0.243 e. The fourth-order valence-corrected chi connectivity index (χ4v) is 3.89. The van der Waals surface area contributed by atoms with Crippen LogP contribution in [0.5, 0.6) is 5.88 Å². The van der Waals surface area contributed by atoms with Crippen molar-refractivity contribution < 1.29 is 21.9 Å². The Morgan fingerprint density at radius 2 is 1.96 bits per heavy atom. The molecule has 2 heterocycles.